The summed E-state index contributed by atoms with van der Waals surface area (Å²) in [4.78, 5) is 0. The molecule has 0 saturated heterocycles. The predicted molar refractivity (Wildman–Crippen MR) is 197 cm³/mol. The van der Waals surface area contributed by atoms with Crippen molar-refractivity contribution >= 4 is 23.3 Å². The van der Waals surface area contributed by atoms with Gasteiger partial charge in [0.2, 0.25) is 0 Å². The summed E-state index contributed by atoms with van der Waals surface area (Å²) in [6, 6.07) is 35.0. The first kappa shape index (κ1) is 35.0. The summed E-state index contributed by atoms with van der Waals surface area (Å²) in [6.07, 6.45) is 0. The van der Waals surface area contributed by atoms with E-state index in [-0.39, 0.29) is 23.2 Å². The Kier molecular flexibility index (Phi) is 10.7. The molecule has 252 valence electrons. The lowest BCUT2D eigenvalue weighted by Crippen LogP contribution is -2.15. The Balaban J connectivity index is 0.000000195. The van der Waals surface area contributed by atoms with Gasteiger partial charge in [0.15, 0.2) is 11.7 Å². The lowest BCUT2D eigenvalue weighted by Gasteiger charge is -2.17. The molecular formula is C40H34ClFN4O4. The number of halogens is 2. The van der Waals surface area contributed by atoms with Crippen molar-refractivity contribution in [2.45, 2.75) is 13.8 Å². The Hall–Kier alpha value is -6.32. The maximum Gasteiger partial charge on any atom is 0.170 e. The van der Waals surface area contributed by atoms with Crippen molar-refractivity contribution in [1.29, 1.82) is 0 Å². The van der Waals surface area contributed by atoms with Crippen LogP contribution in [0.4, 0.5) is 4.39 Å². The predicted octanol–water partition coefficient (Wildman–Crippen LogP) is 9.05. The SMILES string of the molecule is Cc1cc(C(N)=NO)c(-c2cc(F)ccc2Cl)c(-c2ccc(O)cc2)c1.Cc1cc(C(N)=NO)c(-c2ccccc2)c(-c2ccc(O)cc2)c1. The van der Waals surface area contributed by atoms with Crippen LogP contribution >= 0.6 is 11.6 Å². The number of phenolic OH excluding ortho intramolecular Hbond substituents is 2. The van der Waals surface area contributed by atoms with Gasteiger partial charge in [-0.25, -0.2) is 4.39 Å². The molecule has 0 spiro atoms. The number of nitrogens with zero attached hydrogens (tertiary/aromatic N) is 2. The van der Waals surface area contributed by atoms with Gasteiger partial charge in [0.25, 0.3) is 0 Å². The molecule has 0 aliphatic carbocycles. The molecule has 0 aromatic heterocycles. The van der Waals surface area contributed by atoms with E-state index >= 15 is 0 Å². The maximum absolute atomic E-state index is 13.9. The molecule has 6 aromatic rings. The number of hydrogen-bond acceptors (Lipinski definition) is 6. The van der Waals surface area contributed by atoms with Crippen molar-refractivity contribution in [2.24, 2.45) is 21.8 Å². The first-order chi connectivity index (χ1) is 24.0. The van der Waals surface area contributed by atoms with E-state index in [4.69, 9.17) is 23.1 Å². The Bertz CT molecular complexity index is 2210. The van der Waals surface area contributed by atoms with E-state index in [1.165, 1.54) is 18.2 Å². The first-order valence-corrected chi connectivity index (χ1v) is 15.7. The number of benzene rings is 6. The van der Waals surface area contributed by atoms with E-state index in [2.05, 4.69) is 16.4 Å². The van der Waals surface area contributed by atoms with Crippen LogP contribution in [0.25, 0.3) is 44.5 Å². The van der Waals surface area contributed by atoms with Gasteiger partial charge in [-0.05, 0) is 107 Å². The molecule has 8 nitrogen and oxygen atoms in total. The summed E-state index contributed by atoms with van der Waals surface area (Å²) in [5, 5.41) is 44.1. The molecule has 0 atom stereocenters. The Morgan fingerprint density at radius 1 is 0.560 bits per heavy atom. The van der Waals surface area contributed by atoms with Crippen LogP contribution in [-0.4, -0.2) is 32.3 Å². The molecule has 50 heavy (non-hydrogen) atoms. The van der Waals surface area contributed by atoms with Gasteiger partial charge in [-0.1, -0.05) is 88.6 Å². The lowest BCUT2D eigenvalue weighted by molar-refractivity contribution is 0.318. The van der Waals surface area contributed by atoms with Gasteiger partial charge in [-0.15, -0.1) is 0 Å². The minimum Gasteiger partial charge on any atom is -0.508 e. The molecule has 0 aliphatic heterocycles. The first-order valence-electron chi connectivity index (χ1n) is 15.4. The molecule has 0 amide bonds. The van der Waals surface area contributed by atoms with E-state index in [9.17, 15) is 25.0 Å². The van der Waals surface area contributed by atoms with Crippen LogP contribution in [0.3, 0.4) is 0 Å². The van der Waals surface area contributed by atoms with Gasteiger partial charge >= 0.3 is 0 Å². The van der Waals surface area contributed by atoms with Crippen LogP contribution in [0, 0.1) is 19.7 Å². The molecule has 0 aliphatic rings. The molecular weight excluding hydrogens is 655 g/mol. The van der Waals surface area contributed by atoms with E-state index in [0.29, 0.717) is 27.3 Å². The summed E-state index contributed by atoms with van der Waals surface area (Å²) in [5.74, 6) is -0.151. The highest BCUT2D eigenvalue weighted by atomic mass is 35.5. The van der Waals surface area contributed by atoms with Crippen molar-refractivity contribution in [3.8, 4) is 56.0 Å². The number of nitrogens with two attached hydrogens (primary N) is 2. The number of hydrogen-bond donors (Lipinski definition) is 6. The zero-order chi connectivity index (χ0) is 35.9. The van der Waals surface area contributed by atoms with Gasteiger partial charge in [0.1, 0.15) is 17.3 Å². The summed E-state index contributed by atoms with van der Waals surface area (Å²) in [7, 11) is 0. The highest BCUT2D eigenvalue weighted by Gasteiger charge is 2.20. The molecule has 8 N–H and O–H groups in total. The van der Waals surface area contributed by atoms with Crippen LogP contribution in [0.2, 0.25) is 5.02 Å². The maximum atomic E-state index is 13.9. The average molecular weight is 689 g/mol. The van der Waals surface area contributed by atoms with Crippen molar-refractivity contribution in [1.82, 2.24) is 0 Å². The van der Waals surface area contributed by atoms with Gasteiger partial charge in [0.05, 0.1) is 0 Å². The number of phenols is 2. The molecule has 0 unspecified atom stereocenters. The van der Waals surface area contributed by atoms with E-state index < -0.39 is 5.82 Å². The number of amidine groups is 2. The summed E-state index contributed by atoms with van der Waals surface area (Å²) in [6.45, 7) is 3.84. The Labute approximate surface area is 293 Å². The quantitative estimate of drug-likeness (QED) is 0.0443. The van der Waals surface area contributed by atoms with Gasteiger partial charge in [0, 0.05) is 32.8 Å². The van der Waals surface area contributed by atoms with Gasteiger partial charge in [-0.3, -0.25) is 0 Å². The molecule has 10 heteroatoms. The normalized spacial score (nSPS) is 11.5. The summed E-state index contributed by atoms with van der Waals surface area (Å²) in [5.41, 5.74) is 21.0. The molecule has 6 rings (SSSR count). The monoisotopic (exact) mass is 688 g/mol. The summed E-state index contributed by atoms with van der Waals surface area (Å²) >= 11 is 6.33. The average Bonchev–Trinajstić information content (AvgIpc) is 3.12. The summed E-state index contributed by atoms with van der Waals surface area (Å²) < 4.78 is 13.9. The number of aryl methyl sites for hydroxylation is 2. The second kappa shape index (κ2) is 15.3. The van der Waals surface area contributed by atoms with Crippen molar-refractivity contribution in [3.05, 3.63) is 154 Å². The highest BCUT2D eigenvalue weighted by Crippen LogP contribution is 2.40. The minimum absolute atomic E-state index is 0.0672. The second-order valence-electron chi connectivity index (χ2n) is 11.5. The van der Waals surface area contributed by atoms with Crippen molar-refractivity contribution in [2.75, 3.05) is 0 Å². The van der Waals surface area contributed by atoms with Gasteiger partial charge in [-0.2, -0.15) is 0 Å². The largest absolute Gasteiger partial charge is 0.508 e. The number of oxime groups is 2. The Morgan fingerprint density at radius 2 is 1.02 bits per heavy atom. The lowest BCUT2D eigenvalue weighted by atomic mass is 9.88. The standard InChI is InChI=1S/C20H16ClFN2O2.C20H18N2O2/c1-11-8-15(12-2-5-14(25)6-3-12)19(17(9-11)20(23)24-26)16-10-13(22)4-7-18(16)21;1-13-11-17(14-7-9-16(23)10-8-14)19(15-5-3-2-4-6-15)18(12-13)20(21)22-24/h2-10,25-26H,1H3,(H2,23,24);2-12,23-24H,1H3,(H2,21,22). The van der Waals surface area contributed by atoms with Crippen molar-refractivity contribution < 1.29 is 25.0 Å². The van der Waals surface area contributed by atoms with E-state index in [1.807, 2.05) is 68.4 Å². The topological polar surface area (TPSA) is 158 Å². The van der Waals surface area contributed by atoms with Crippen LogP contribution < -0.4 is 11.5 Å². The molecule has 0 fully saturated rings. The van der Waals surface area contributed by atoms with Crippen LogP contribution in [0.5, 0.6) is 11.5 Å². The minimum atomic E-state index is -0.452. The third-order valence-corrected chi connectivity index (χ3v) is 8.28. The fourth-order valence-corrected chi connectivity index (χ4v) is 5.93. The Morgan fingerprint density at radius 3 is 1.50 bits per heavy atom. The third kappa shape index (κ3) is 7.69. The number of aromatic hydroxyl groups is 2. The highest BCUT2D eigenvalue weighted by molar-refractivity contribution is 6.34. The molecule has 6 aromatic carbocycles. The van der Waals surface area contributed by atoms with Crippen LogP contribution in [0.1, 0.15) is 22.3 Å². The molecule has 0 heterocycles. The van der Waals surface area contributed by atoms with Crippen LogP contribution in [-0.2, 0) is 0 Å². The molecule has 0 bridgehead atoms. The van der Waals surface area contributed by atoms with Crippen molar-refractivity contribution in [3.63, 3.8) is 0 Å². The fraction of sp³-hybridized carbons (Fsp3) is 0.0500. The fourth-order valence-electron chi connectivity index (χ4n) is 5.72. The van der Waals surface area contributed by atoms with E-state index in [1.54, 1.807) is 42.5 Å². The van der Waals surface area contributed by atoms with Crippen LogP contribution in [0.15, 0.2) is 132 Å². The molecule has 0 saturated carbocycles. The van der Waals surface area contributed by atoms with Gasteiger partial charge < -0.3 is 32.1 Å². The number of rotatable bonds is 6. The third-order valence-electron chi connectivity index (χ3n) is 7.95. The smallest absolute Gasteiger partial charge is 0.170 e. The second-order valence-corrected chi connectivity index (χ2v) is 11.9. The van der Waals surface area contributed by atoms with E-state index in [0.717, 1.165) is 44.5 Å². The molecule has 0 radical (unpaired) electrons. The zero-order valence-corrected chi connectivity index (χ0v) is 27.9. The zero-order valence-electron chi connectivity index (χ0n) is 27.1.